The summed E-state index contributed by atoms with van der Waals surface area (Å²) in [7, 11) is 0. The van der Waals surface area contributed by atoms with E-state index in [4.69, 9.17) is 0 Å². The molecule has 144 valence electrons. The van der Waals surface area contributed by atoms with E-state index in [0.717, 1.165) is 18.4 Å². The predicted molar refractivity (Wildman–Crippen MR) is 93.5 cm³/mol. The summed E-state index contributed by atoms with van der Waals surface area (Å²) in [6.45, 7) is 2.01. The molecule has 1 aliphatic carbocycles. The molecule has 0 N–H and O–H groups in total. The fraction of sp³-hybridized carbons (Fsp3) is 0.333. The van der Waals surface area contributed by atoms with Crippen LogP contribution in [0.3, 0.4) is 0 Å². The standard InChI is InChI=1S/C21H19F5O/c1-2-3-4-13-9-18(22)20(19(23)10-13)16-6-5-15-12-17(27-21(24,25)26)8-7-14(15)11-16/h6-10,12H,2-5,11H2,1H3. The molecule has 0 fully saturated rings. The molecule has 1 aliphatic rings. The molecule has 2 aromatic rings. The van der Waals surface area contributed by atoms with E-state index in [1.54, 1.807) is 6.08 Å². The average Bonchev–Trinajstić information content (AvgIpc) is 2.58. The highest BCUT2D eigenvalue weighted by atomic mass is 19.4. The Labute approximate surface area is 154 Å². The lowest BCUT2D eigenvalue weighted by Gasteiger charge is -2.20. The van der Waals surface area contributed by atoms with Gasteiger partial charge in [-0.1, -0.05) is 25.5 Å². The molecule has 0 saturated carbocycles. The maximum atomic E-state index is 14.5. The minimum atomic E-state index is -4.75. The number of halogens is 5. The van der Waals surface area contributed by atoms with E-state index in [-0.39, 0.29) is 24.2 Å². The molecule has 0 heterocycles. The van der Waals surface area contributed by atoms with Gasteiger partial charge in [0.15, 0.2) is 0 Å². The van der Waals surface area contributed by atoms with Crippen LogP contribution in [-0.4, -0.2) is 6.36 Å². The van der Waals surface area contributed by atoms with E-state index in [9.17, 15) is 22.0 Å². The molecule has 2 aromatic carbocycles. The van der Waals surface area contributed by atoms with E-state index >= 15 is 0 Å². The number of hydrogen-bond donors (Lipinski definition) is 0. The van der Waals surface area contributed by atoms with Gasteiger partial charge in [0.2, 0.25) is 0 Å². The van der Waals surface area contributed by atoms with Crippen LogP contribution in [0.2, 0.25) is 0 Å². The molecule has 0 aliphatic heterocycles. The van der Waals surface area contributed by atoms with Crippen molar-refractivity contribution >= 4 is 5.57 Å². The van der Waals surface area contributed by atoms with Crippen LogP contribution in [0.1, 0.15) is 42.0 Å². The van der Waals surface area contributed by atoms with Gasteiger partial charge >= 0.3 is 6.36 Å². The van der Waals surface area contributed by atoms with Crippen LogP contribution in [-0.2, 0) is 19.3 Å². The molecule has 0 atom stereocenters. The summed E-state index contributed by atoms with van der Waals surface area (Å²) in [4.78, 5) is 0. The summed E-state index contributed by atoms with van der Waals surface area (Å²) >= 11 is 0. The number of rotatable bonds is 5. The molecule has 0 radical (unpaired) electrons. The number of hydrogen-bond acceptors (Lipinski definition) is 1. The molecule has 0 unspecified atom stereocenters. The molecule has 6 heteroatoms. The topological polar surface area (TPSA) is 9.23 Å². The van der Waals surface area contributed by atoms with Crippen LogP contribution in [0, 0.1) is 11.6 Å². The lowest BCUT2D eigenvalue weighted by Crippen LogP contribution is -2.17. The van der Waals surface area contributed by atoms with Gasteiger partial charge in [-0.15, -0.1) is 13.2 Å². The van der Waals surface area contributed by atoms with Gasteiger partial charge in [0, 0.05) is 5.56 Å². The Kier molecular flexibility index (Phi) is 5.53. The third kappa shape index (κ3) is 4.67. The molecule has 1 nitrogen and oxygen atoms in total. The third-order valence-electron chi connectivity index (χ3n) is 4.60. The SMILES string of the molecule is CCCCc1cc(F)c(C2=CCc3cc(OC(F)(F)F)ccc3C2)c(F)c1. The summed E-state index contributed by atoms with van der Waals surface area (Å²) in [5.41, 5.74) is 2.46. The van der Waals surface area contributed by atoms with Crippen LogP contribution in [0.15, 0.2) is 36.4 Å². The van der Waals surface area contributed by atoms with Crippen LogP contribution in [0.25, 0.3) is 5.57 Å². The fourth-order valence-corrected chi connectivity index (χ4v) is 3.32. The van der Waals surface area contributed by atoms with E-state index in [1.807, 2.05) is 6.92 Å². The summed E-state index contributed by atoms with van der Waals surface area (Å²) in [6, 6.07) is 6.77. The van der Waals surface area contributed by atoms with Gasteiger partial charge in [0.1, 0.15) is 17.4 Å². The second kappa shape index (κ2) is 7.71. The van der Waals surface area contributed by atoms with Crippen molar-refractivity contribution in [1.29, 1.82) is 0 Å². The normalized spacial score (nSPS) is 13.9. The van der Waals surface area contributed by atoms with Crippen molar-refractivity contribution in [2.75, 3.05) is 0 Å². The van der Waals surface area contributed by atoms with Crippen molar-refractivity contribution in [3.8, 4) is 5.75 Å². The van der Waals surface area contributed by atoms with Crippen LogP contribution >= 0.6 is 0 Å². The first-order valence-electron chi connectivity index (χ1n) is 8.81. The summed E-state index contributed by atoms with van der Waals surface area (Å²) in [5.74, 6) is -1.50. The first-order valence-corrected chi connectivity index (χ1v) is 8.81. The Morgan fingerprint density at radius 2 is 1.70 bits per heavy atom. The van der Waals surface area contributed by atoms with Crippen molar-refractivity contribution in [1.82, 2.24) is 0 Å². The van der Waals surface area contributed by atoms with Crippen molar-refractivity contribution in [3.63, 3.8) is 0 Å². The molecule has 27 heavy (non-hydrogen) atoms. The first-order chi connectivity index (χ1) is 12.8. The first kappa shape index (κ1) is 19.4. The van der Waals surface area contributed by atoms with Gasteiger partial charge in [-0.05, 0) is 72.2 Å². The Morgan fingerprint density at radius 1 is 1.00 bits per heavy atom. The zero-order chi connectivity index (χ0) is 19.6. The van der Waals surface area contributed by atoms with Crippen molar-refractivity contribution in [2.24, 2.45) is 0 Å². The van der Waals surface area contributed by atoms with Crippen LogP contribution in [0.5, 0.6) is 5.75 Å². The molecule has 3 rings (SSSR count). The molecular formula is C21H19F5O. The predicted octanol–water partition coefficient (Wildman–Crippen LogP) is 6.39. The second-order valence-corrected chi connectivity index (χ2v) is 6.63. The monoisotopic (exact) mass is 382 g/mol. The molecule has 0 saturated heterocycles. The fourth-order valence-electron chi connectivity index (χ4n) is 3.32. The molecule has 0 aromatic heterocycles. The molecular weight excluding hydrogens is 363 g/mol. The minimum Gasteiger partial charge on any atom is -0.406 e. The van der Waals surface area contributed by atoms with E-state index in [0.29, 0.717) is 23.1 Å². The highest BCUT2D eigenvalue weighted by Gasteiger charge is 2.31. The second-order valence-electron chi connectivity index (χ2n) is 6.63. The number of unbranched alkanes of at least 4 members (excludes halogenated alkanes) is 1. The lowest BCUT2D eigenvalue weighted by molar-refractivity contribution is -0.274. The number of ether oxygens (including phenoxy) is 1. The quantitative estimate of drug-likeness (QED) is 0.545. The minimum absolute atomic E-state index is 0.0588. The summed E-state index contributed by atoms with van der Waals surface area (Å²) in [6.07, 6.45) is -0.138. The van der Waals surface area contributed by atoms with Gasteiger partial charge in [-0.25, -0.2) is 8.78 Å². The van der Waals surface area contributed by atoms with Crippen molar-refractivity contribution in [3.05, 3.63) is 70.3 Å². The summed E-state index contributed by atoms with van der Waals surface area (Å²) in [5, 5.41) is 0. The lowest BCUT2D eigenvalue weighted by atomic mass is 9.87. The Bertz CT molecular complexity index is 844. The molecule has 0 amide bonds. The Balaban J connectivity index is 1.84. The number of alkyl halides is 3. The third-order valence-corrected chi connectivity index (χ3v) is 4.60. The average molecular weight is 382 g/mol. The zero-order valence-electron chi connectivity index (χ0n) is 14.8. The van der Waals surface area contributed by atoms with Crippen LogP contribution < -0.4 is 4.74 Å². The van der Waals surface area contributed by atoms with Crippen molar-refractivity contribution < 1.29 is 26.7 Å². The number of allylic oxidation sites excluding steroid dienone is 2. The largest absolute Gasteiger partial charge is 0.573 e. The van der Waals surface area contributed by atoms with Gasteiger partial charge in [0.25, 0.3) is 0 Å². The Morgan fingerprint density at radius 3 is 2.33 bits per heavy atom. The van der Waals surface area contributed by atoms with E-state index in [1.165, 1.54) is 30.3 Å². The van der Waals surface area contributed by atoms with Crippen LogP contribution in [0.4, 0.5) is 22.0 Å². The van der Waals surface area contributed by atoms with E-state index < -0.39 is 18.0 Å². The van der Waals surface area contributed by atoms with Crippen molar-refractivity contribution in [2.45, 2.75) is 45.4 Å². The molecule has 0 spiro atoms. The number of aryl methyl sites for hydroxylation is 1. The number of fused-ring (bicyclic) bond motifs is 1. The van der Waals surface area contributed by atoms with Gasteiger partial charge in [-0.3, -0.25) is 0 Å². The summed E-state index contributed by atoms with van der Waals surface area (Å²) < 4.78 is 70.0. The van der Waals surface area contributed by atoms with Gasteiger partial charge in [0.05, 0.1) is 0 Å². The highest BCUT2D eigenvalue weighted by Crippen LogP contribution is 2.34. The molecule has 0 bridgehead atoms. The maximum Gasteiger partial charge on any atom is 0.573 e. The van der Waals surface area contributed by atoms with Gasteiger partial charge < -0.3 is 4.74 Å². The Hall–Kier alpha value is -2.37. The van der Waals surface area contributed by atoms with E-state index in [2.05, 4.69) is 4.74 Å². The van der Waals surface area contributed by atoms with Gasteiger partial charge in [-0.2, -0.15) is 0 Å². The number of benzene rings is 2. The zero-order valence-corrected chi connectivity index (χ0v) is 14.8. The maximum absolute atomic E-state index is 14.5. The smallest absolute Gasteiger partial charge is 0.406 e. The highest BCUT2D eigenvalue weighted by molar-refractivity contribution is 5.71.